The van der Waals surface area contributed by atoms with E-state index >= 15 is 0 Å². The first kappa shape index (κ1) is 18.3. The molecule has 2 aromatic carbocycles. The molecular weight excluding hydrogens is 353 g/mol. The van der Waals surface area contributed by atoms with Gasteiger partial charge in [0.25, 0.3) is 0 Å². The number of benzene rings is 2. The summed E-state index contributed by atoms with van der Waals surface area (Å²) in [6, 6.07) is 12.1. The molecular formula is C19H20FN3O2S. The molecule has 0 saturated heterocycles. The first-order valence-electron chi connectivity index (χ1n) is 8.18. The van der Waals surface area contributed by atoms with E-state index < -0.39 is 0 Å². The molecule has 1 heterocycles. The average Bonchev–Trinajstić information content (AvgIpc) is 3.10. The van der Waals surface area contributed by atoms with E-state index in [9.17, 15) is 4.39 Å². The van der Waals surface area contributed by atoms with Crippen molar-refractivity contribution < 1.29 is 13.9 Å². The van der Waals surface area contributed by atoms with Crippen LogP contribution in [0.4, 0.5) is 4.39 Å². The van der Waals surface area contributed by atoms with Gasteiger partial charge in [-0.2, -0.15) is 0 Å². The Kier molecular flexibility index (Phi) is 5.78. The Labute approximate surface area is 156 Å². The SMILES string of the molecule is CCn1c(SCc2ccc(F)cc2)nnc1-c1cc(OC)cc(OC)c1. The predicted octanol–water partition coefficient (Wildman–Crippen LogP) is 4.41. The second-order valence-corrected chi connectivity index (χ2v) is 6.51. The highest BCUT2D eigenvalue weighted by Crippen LogP contribution is 2.31. The fourth-order valence-corrected chi connectivity index (χ4v) is 3.52. The van der Waals surface area contributed by atoms with Gasteiger partial charge in [0.15, 0.2) is 11.0 Å². The van der Waals surface area contributed by atoms with Crippen molar-refractivity contribution in [3.05, 3.63) is 53.8 Å². The zero-order valence-electron chi connectivity index (χ0n) is 14.9. The quantitative estimate of drug-likeness (QED) is 0.574. The zero-order chi connectivity index (χ0) is 18.5. The van der Waals surface area contributed by atoms with Crippen molar-refractivity contribution in [2.45, 2.75) is 24.4 Å². The van der Waals surface area contributed by atoms with Crippen LogP contribution in [0.15, 0.2) is 47.6 Å². The number of ether oxygens (including phenoxy) is 2. The Balaban J connectivity index is 1.87. The molecule has 0 amide bonds. The first-order chi connectivity index (χ1) is 12.6. The fourth-order valence-electron chi connectivity index (χ4n) is 2.56. The highest BCUT2D eigenvalue weighted by atomic mass is 32.2. The second kappa shape index (κ2) is 8.23. The number of nitrogens with zero attached hydrogens (tertiary/aromatic N) is 3. The fraction of sp³-hybridized carbons (Fsp3) is 0.263. The van der Waals surface area contributed by atoms with Gasteiger partial charge in [-0.1, -0.05) is 23.9 Å². The Morgan fingerprint density at radius 1 is 1.00 bits per heavy atom. The van der Waals surface area contributed by atoms with Crippen LogP contribution in [0.2, 0.25) is 0 Å². The van der Waals surface area contributed by atoms with Crippen LogP contribution in [0.3, 0.4) is 0 Å². The van der Waals surface area contributed by atoms with Crippen LogP contribution >= 0.6 is 11.8 Å². The Bertz CT molecular complexity index is 859. The van der Waals surface area contributed by atoms with E-state index in [1.807, 2.05) is 29.7 Å². The van der Waals surface area contributed by atoms with Crippen molar-refractivity contribution in [1.29, 1.82) is 0 Å². The summed E-state index contributed by atoms with van der Waals surface area (Å²) in [7, 11) is 3.24. The van der Waals surface area contributed by atoms with Gasteiger partial charge in [0.2, 0.25) is 0 Å². The number of halogens is 1. The maximum Gasteiger partial charge on any atom is 0.191 e. The third-order valence-electron chi connectivity index (χ3n) is 3.92. The van der Waals surface area contributed by atoms with Crippen LogP contribution in [-0.2, 0) is 12.3 Å². The molecule has 0 bridgehead atoms. The molecule has 136 valence electrons. The van der Waals surface area contributed by atoms with Gasteiger partial charge < -0.3 is 14.0 Å². The highest BCUT2D eigenvalue weighted by Gasteiger charge is 2.15. The van der Waals surface area contributed by atoms with Crippen LogP contribution in [0, 0.1) is 5.82 Å². The number of rotatable bonds is 7. The monoisotopic (exact) mass is 373 g/mol. The summed E-state index contributed by atoms with van der Waals surface area (Å²) in [5.41, 5.74) is 1.91. The van der Waals surface area contributed by atoms with E-state index in [1.54, 1.807) is 38.1 Å². The van der Waals surface area contributed by atoms with Gasteiger partial charge in [-0.3, -0.25) is 0 Å². The van der Waals surface area contributed by atoms with Crippen LogP contribution in [0.5, 0.6) is 11.5 Å². The normalized spacial score (nSPS) is 10.8. The highest BCUT2D eigenvalue weighted by molar-refractivity contribution is 7.98. The molecule has 0 saturated carbocycles. The molecule has 0 atom stereocenters. The molecule has 5 nitrogen and oxygen atoms in total. The zero-order valence-corrected chi connectivity index (χ0v) is 15.7. The summed E-state index contributed by atoms with van der Waals surface area (Å²) in [6.45, 7) is 2.78. The van der Waals surface area contributed by atoms with Crippen LogP contribution in [0.1, 0.15) is 12.5 Å². The minimum atomic E-state index is -0.232. The Morgan fingerprint density at radius 3 is 2.23 bits per heavy atom. The van der Waals surface area contributed by atoms with Gasteiger partial charge in [0.1, 0.15) is 17.3 Å². The van der Waals surface area contributed by atoms with E-state index in [2.05, 4.69) is 10.2 Å². The molecule has 0 unspecified atom stereocenters. The van der Waals surface area contributed by atoms with E-state index in [1.165, 1.54) is 12.1 Å². The number of hydrogen-bond donors (Lipinski definition) is 0. The molecule has 0 aliphatic rings. The van der Waals surface area contributed by atoms with Crippen molar-refractivity contribution in [3.8, 4) is 22.9 Å². The number of hydrogen-bond acceptors (Lipinski definition) is 5. The summed E-state index contributed by atoms with van der Waals surface area (Å²) in [6.07, 6.45) is 0. The second-order valence-electron chi connectivity index (χ2n) is 5.57. The predicted molar refractivity (Wildman–Crippen MR) is 100 cm³/mol. The van der Waals surface area contributed by atoms with Crippen molar-refractivity contribution >= 4 is 11.8 Å². The van der Waals surface area contributed by atoms with Gasteiger partial charge in [-0.05, 0) is 36.8 Å². The first-order valence-corrected chi connectivity index (χ1v) is 9.17. The lowest BCUT2D eigenvalue weighted by Crippen LogP contribution is -2.00. The smallest absolute Gasteiger partial charge is 0.191 e. The largest absolute Gasteiger partial charge is 0.497 e. The van der Waals surface area contributed by atoms with E-state index in [0.717, 1.165) is 28.7 Å². The minimum absolute atomic E-state index is 0.232. The lowest BCUT2D eigenvalue weighted by Gasteiger charge is -2.10. The molecule has 7 heteroatoms. The van der Waals surface area contributed by atoms with Crippen LogP contribution in [-0.4, -0.2) is 29.0 Å². The van der Waals surface area contributed by atoms with E-state index in [-0.39, 0.29) is 5.82 Å². The molecule has 3 aromatic rings. The molecule has 3 rings (SSSR count). The Morgan fingerprint density at radius 2 is 1.65 bits per heavy atom. The van der Waals surface area contributed by atoms with Crippen LogP contribution in [0.25, 0.3) is 11.4 Å². The summed E-state index contributed by atoms with van der Waals surface area (Å²) in [5.74, 6) is 2.62. The lowest BCUT2D eigenvalue weighted by molar-refractivity contribution is 0.394. The maximum atomic E-state index is 13.0. The van der Waals surface area contributed by atoms with E-state index in [0.29, 0.717) is 17.3 Å². The molecule has 0 spiro atoms. The summed E-state index contributed by atoms with van der Waals surface area (Å²) in [4.78, 5) is 0. The van der Waals surface area contributed by atoms with Crippen molar-refractivity contribution in [2.75, 3.05) is 14.2 Å². The molecule has 0 aliphatic heterocycles. The van der Waals surface area contributed by atoms with E-state index in [4.69, 9.17) is 9.47 Å². The van der Waals surface area contributed by atoms with Crippen molar-refractivity contribution in [1.82, 2.24) is 14.8 Å². The molecule has 0 N–H and O–H groups in total. The molecule has 26 heavy (non-hydrogen) atoms. The van der Waals surface area contributed by atoms with Crippen LogP contribution < -0.4 is 9.47 Å². The maximum absolute atomic E-state index is 13.0. The summed E-state index contributed by atoms with van der Waals surface area (Å²) in [5, 5.41) is 9.50. The minimum Gasteiger partial charge on any atom is -0.497 e. The molecule has 0 fully saturated rings. The number of thioether (sulfide) groups is 1. The topological polar surface area (TPSA) is 49.2 Å². The van der Waals surface area contributed by atoms with Gasteiger partial charge in [0.05, 0.1) is 14.2 Å². The van der Waals surface area contributed by atoms with Gasteiger partial charge >= 0.3 is 0 Å². The summed E-state index contributed by atoms with van der Waals surface area (Å²) < 4.78 is 25.8. The lowest BCUT2D eigenvalue weighted by atomic mass is 10.2. The standard InChI is InChI=1S/C19H20FN3O2S/c1-4-23-18(14-9-16(24-2)11-17(10-14)25-3)21-22-19(23)26-12-13-5-7-15(20)8-6-13/h5-11H,4,12H2,1-3H3. The third kappa shape index (κ3) is 3.99. The number of methoxy groups -OCH3 is 2. The summed E-state index contributed by atoms with van der Waals surface area (Å²) >= 11 is 1.57. The third-order valence-corrected chi connectivity index (χ3v) is 4.96. The van der Waals surface area contributed by atoms with Crippen molar-refractivity contribution in [2.24, 2.45) is 0 Å². The Hall–Kier alpha value is -2.54. The van der Waals surface area contributed by atoms with Gasteiger partial charge in [0, 0.05) is 23.9 Å². The van der Waals surface area contributed by atoms with Gasteiger partial charge in [-0.15, -0.1) is 10.2 Å². The van der Waals surface area contributed by atoms with Gasteiger partial charge in [-0.25, -0.2) is 4.39 Å². The molecule has 0 radical (unpaired) electrons. The molecule has 1 aromatic heterocycles. The number of aromatic nitrogens is 3. The average molecular weight is 373 g/mol. The molecule has 0 aliphatic carbocycles. The van der Waals surface area contributed by atoms with Crippen molar-refractivity contribution in [3.63, 3.8) is 0 Å².